The summed E-state index contributed by atoms with van der Waals surface area (Å²) in [6, 6.07) is 0.820. The summed E-state index contributed by atoms with van der Waals surface area (Å²) in [7, 11) is 0. The first-order valence-corrected chi connectivity index (χ1v) is 6.74. The largest absolute Gasteiger partial charge is 0.340 e. The fraction of sp³-hybridized carbons (Fsp3) is 0.929. The van der Waals surface area contributed by atoms with Crippen molar-refractivity contribution in [3.05, 3.63) is 0 Å². The Kier molecular flexibility index (Phi) is 4.59. The maximum atomic E-state index is 12.2. The number of nitrogens with zero attached hydrogens (tertiary/aromatic N) is 1. The number of carbonyl (C=O) groups is 1. The van der Waals surface area contributed by atoms with Crippen LogP contribution in [0.5, 0.6) is 0 Å². The summed E-state index contributed by atoms with van der Waals surface area (Å²) in [5, 5.41) is 3.45. The topological polar surface area (TPSA) is 32.3 Å². The van der Waals surface area contributed by atoms with Crippen LogP contribution in [0.25, 0.3) is 0 Å². The van der Waals surface area contributed by atoms with Gasteiger partial charge in [0.1, 0.15) is 0 Å². The quantitative estimate of drug-likeness (QED) is 0.803. The molecule has 100 valence electrons. The predicted molar refractivity (Wildman–Crippen MR) is 71.9 cm³/mol. The first-order chi connectivity index (χ1) is 7.70. The zero-order valence-electron chi connectivity index (χ0n) is 12.2. The maximum Gasteiger partial charge on any atom is 0.222 e. The summed E-state index contributed by atoms with van der Waals surface area (Å²) >= 11 is 0. The second kappa shape index (κ2) is 5.38. The van der Waals surface area contributed by atoms with Crippen LogP contribution in [-0.2, 0) is 4.79 Å². The van der Waals surface area contributed by atoms with Crippen LogP contribution >= 0.6 is 0 Å². The van der Waals surface area contributed by atoms with Crippen LogP contribution < -0.4 is 5.32 Å². The molecule has 0 aromatic rings. The van der Waals surface area contributed by atoms with Crippen molar-refractivity contribution in [1.29, 1.82) is 0 Å². The molecule has 0 saturated carbocycles. The molecule has 3 nitrogen and oxygen atoms in total. The molecule has 17 heavy (non-hydrogen) atoms. The molecule has 1 fully saturated rings. The SMILES string of the molecule is CC1CN(C(=O)CC(C)C(C)(C)C)CC(C)N1. The van der Waals surface area contributed by atoms with Gasteiger partial charge in [-0.25, -0.2) is 0 Å². The summed E-state index contributed by atoms with van der Waals surface area (Å²) < 4.78 is 0. The molecule has 1 saturated heterocycles. The minimum atomic E-state index is 0.209. The highest BCUT2D eigenvalue weighted by atomic mass is 16.2. The Morgan fingerprint density at radius 3 is 2.18 bits per heavy atom. The van der Waals surface area contributed by atoms with Gasteiger partial charge in [-0.05, 0) is 25.2 Å². The average Bonchev–Trinajstić information content (AvgIpc) is 2.14. The van der Waals surface area contributed by atoms with Crippen LogP contribution in [0.1, 0.15) is 48.0 Å². The lowest BCUT2D eigenvalue weighted by atomic mass is 9.80. The third-order valence-electron chi connectivity index (χ3n) is 3.87. The third-order valence-corrected chi connectivity index (χ3v) is 3.87. The van der Waals surface area contributed by atoms with Crippen molar-refractivity contribution in [3.8, 4) is 0 Å². The van der Waals surface area contributed by atoms with Gasteiger partial charge in [0.15, 0.2) is 0 Å². The van der Waals surface area contributed by atoms with Gasteiger partial charge in [-0.3, -0.25) is 4.79 Å². The zero-order valence-corrected chi connectivity index (χ0v) is 12.2. The fourth-order valence-corrected chi connectivity index (χ4v) is 2.23. The highest BCUT2D eigenvalue weighted by Gasteiger charge is 2.28. The van der Waals surface area contributed by atoms with E-state index in [0.717, 1.165) is 13.1 Å². The van der Waals surface area contributed by atoms with Crippen molar-refractivity contribution in [2.24, 2.45) is 11.3 Å². The number of piperazine rings is 1. The molecule has 0 aromatic heterocycles. The van der Waals surface area contributed by atoms with Crippen molar-refractivity contribution in [1.82, 2.24) is 10.2 Å². The monoisotopic (exact) mass is 240 g/mol. The molecule has 1 aliphatic heterocycles. The van der Waals surface area contributed by atoms with Crippen LogP contribution in [-0.4, -0.2) is 36.0 Å². The van der Waals surface area contributed by atoms with Gasteiger partial charge in [0.2, 0.25) is 5.91 Å². The van der Waals surface area contributed by atoms with Gasteiger partial charge in [-0.2, -0.15) is 0 Å². The van der Waals surface area contributed by atoms with Crippen molar-refractivity contribution in [2.75, 3.05) is 13.1 Å². The second-order valence-electron chi connectivity index (χ2n) is 6.74. The zero-order chi connectivity index (χ0) is 13.2. The normalized spacial score (nSPS) is 28.0. The van der Waals surface area contributed by atoms with Crippen LogP contribution in [0.4, 0.5) is 0 Å². The van der Waals surface area contributed by atoms with E-state index in [9.17, 15) is 4.79 Å². The van der Waals surface area contributed by atoms with Crippen molar-refractivity contribution < 1.29 is 4.79 Å². The first-order valence-electron chi connectivity index (χ1n) is 6.74. The lowest BCUT2D eigenvalue weighted by Gasteiger charge is -2.37. The predicted octanol–water partition coefficient (Wildman–Crippen LogP) is 2.27. The van der Waals surface area contributed by atoms with E-state index in [1.54, 1.807) is 0 Å². The number of amides is 1. The number of hydrogen-bond acceptors (Lipinski definition) is 2. The van der Waals surface area contributed by atoms with E-state index in [-0.39, 0.29) is 5.41 Å². The van der Waals surface area contributed by atoms with E-state index >= 15 is 0 Å². The lowest BCUT2D eigenvalue weighted by Crippen LogP contribution is -2.56. The van der Waals surface area contributed by atoms with E-state index < -0.39 is 0 Å². The highest BCUT2D eigenvalue weighted by Crippen LogP contribution is 2.28. The average molecular weight is 240 g/mol. The number of rotatable bonds is 2. The molecule has 1 heterocycles. The van der Waals surface area contributed by atoms with Gasteiger partial charge < -0.3 is 10.2 Å². The van der Waals surface area contributed by atoms with E-state index in [1.807, 2.05) is 4.90 Å². The Balaban J connectivity index is 2.53. The molecule has 0 bridgehead atoms. The minimum Gasteiger partial charge on any atom is -0.340 e. The number of hydrogen-bond donors (Lipinski definition) is 1. The van der Waals surface area contributed by atoms with E-state index in [1.165, 1.54) is 0 Å². The molecular formula is C14H28N2O. The van der Waals surface area contributed by atoms with Crippen LogP contribution in [0.2, 0.25) is 0 Å². The Hall–Kier alpha value is -0.570. The molecule has 0 aliphatic carbocycles. The summed E-state index contributed by atoms with van der Waals surface area (Å²) in [5.74, 6) is 0.739. The van der Waals surface area contributed by atoms with Gasteiger partial charge in [-0.1, -0.05) is 27.7 Å². The number of nitrogens with one attached hydrogen (secondary N) is 1. The van der Waals surface area contributed by atoms with Crippen LogP contribution in [0.3, 0.4) is 0 Å². The molecule has 1 aliphatic rings. The van der Waals surface area contributed by atoms with Gasteiger partial charge in [0.25, 0.3) is 0 Å². The van der Waals surface area contributed by atoms with E-state index in [0.29, 0.717) is 30.3 Å². The lowest BCUT2D eigenvalue weighted by molar-refractivity contribution is -0.134. The summed E-state index contributed by atoms with van der Waals surface area (Å²) in [4.78, 5) is 14.3. The smallest absolute Gasteiger partial charge is 0.222 e. The molecule has 0 radical (unpaired) electrons. The summed E-state index contributed by atoms with van der Waals surface area (Å²) in [6.07, 6.45) is 0.670. The highest BCUT2D eigenvalue weighted by molar-refractivity contribution is 5.76. The van der Waals surface area contributed by atoms with E-state index in [4.69, 9.17) is 0 Å². The fourth-order valence-electron chi connectivity index (χ4n) is 2.23. The number of carbonyl (C=O) groups excluding carboxylic acids is 1. The van der Waals surface area contributed by atoms with Gasteiger partial charge >= 0.3 is 0 Å². The Labute approximate surface area is 106 Å². The third kappa shape index (κ3) is 4.30. The molecule has 0 aromatic carbocycles. The molecule has 3 heteroatoms. The molecule has 3 atom stereocenters. The van der Waals surface area contributed by atoms with Gasteiger partial charge in [-0.15, -0.1) is 0 Å². The van der Waals surface area contributed by atoms with Crippen LogP contribution in [0, 0.1) is 11.3 Å². The summed E-state index contributed by atoms with van der Waals surface area (Å²) in [6.45, 7) is 14.8. The van der Waals surface area contributed by atoms with Crippen molar-refractivity contribution in [2.45, 2.75) is 60.0 Å². The van der Waals surface area contributed by atoms with Crippen molar-refractivity contribution in [3.63, 3.8) is 0 Å². The van der Waals surface area contributed by atoms with Crippen LogP contribution in [0.15, 0.2) is 0 Å². The Bertz CT molecular complexity index is 260. The van der Waals surface area contributed by atoms with E-state index in [2.05, 4.69) is 46.9 Å². The standard InChI is InChI=1S/C14H28N2O/c1-10(14(4,5)6)7-13(17)16-8-11(2)15-12(3)9-16/h10-12,15H,7-9H2,1-6H3. The first kappa shape index (κ1) is 14.5. The minimum absolute atomic E-state index is 0.209. The molecule has 1 rings (SSSR count). The molecule has 1 N–H and O–H groups in total. The molecule has 1 amide bonds. The van der Waals surface area contributed by atoms with Gasteiger partial charge in [0.05, 0.1) is 0 Å². The Morgan fingerprint density at radius 1 is 1.29 bits per heavy atom. The second-order valence-corrected chi connectivity index (χ2v) is 6.74. The van der Waals surface area contributed by atoms with Crippen molar-refractivity contribution >= 4 is 5.91 Å². The molecular weight excluding hydrogens is 212 g/mol. The molecule has 0 spiro atoms. The molecule has 3 unspecified atom stereocenters. The maximum absolute atomic E-state index is 12.2. The van der Waals surface area contributed by atoms with Gasteiger partial charge in [0, 0.05) is 31.6 Å². The summed E-state index contributed by atoms with van der Waals surface area (Å²) in [5.41, 5.74) is 0.209. The Morgan fingerprint density at radius 2 is 1.76 bits per heavy atom.